The third-order valence-electron chi connectivity index (χ3n) is 16.7. The van der Waals surface area contributed by atoms with Crippen LogP contribution in [0.5, 0.6) is 0 Å². The summed E-state index contributed by atoms with van der Waals surface area (Å²) in [6.45, 7) is 21.4. The minimum Gasteiger partial charge on any atom is -0.455 e. The first-order valence-electron chi connectivity index (χ1n) is 25.0. The maximum Gasteiger partial charge on any atom is 0.144 e. The summed E-state index contributed by atoms with van der Waals surface area (Å²) in [5.41, 5.74) is 25.8. The van der Waals surface area contributed by atoms with Gasteiger partial charge in [-0.15, -0.1) is 0 Å². The summed E-state index contributed by atoms with van der Waals surface area (Å²) in [6.07, 6.45) is 0. The Hall–Kier alpha value is -7.62. The zero-order chi connectivity index (χ0) is 47.8. The highest BCUT2D eigenvalue weighted by molar-refractivity contribution is 6.21. The number of anilines is 3. The Balaban J connectivity index is 0.990. The molecule has 0 unspecified atom stereocenters. The average Bonchev–Trinajstić information content (AvgIpc) is 4.11. The Bertz CT molecular complexity index is 4050. The molecule has 3 aliphatic carbocycles. The van der Waals surface area contributed by atoms with E-state index in [-0.39, 0.29) is 21.7 Å². The molecule has 14 rings (SSSR count). The molecular weight excluding hydrogens is 851 g/mol. The molecule has 11 aromatic rings. The van der Waals surface area contributed by atoms with Crippen molar-refractivity contribution < 1.29 is 8.83 Å². The molecule has 9 aromatic carbocycles. The van der Waals surface area contributed by atoms with Gasteiger partial charge in [-0.3, -0.25) is 0 Å². The monoisotopic (exact) mass is 905 g/mol. The highest BCUT2D eigenvalue weighted by Crippen LogP contribution is 2.64. The van der Waals surface area contributed by atoms with Gasteiger partial charge in [-0.05, 0) is 132 Å². The predicted molar refractivity (Wildman–Crippen MR) is 293 cm³/mol. The van der Waals surface area contributed by atoms with Crippen LogP contribution in [0.3, 0.4) is 0 Å². The number of benzene rings is 9. The molecule has 3 heteroatoms. The standard InChI is InChI=1S/C67H55NO2/c1-64(2,3)39-27-29-40(30-28-39)68(41-31-33-44-50(35-41)65(4,5)52-37-48(38-19-11-10-12-20-38)62-57(55(44)52)46-22-14-17-25-53(46)69-62)42-32-34-45-51(36-42)67(8,9)61-59(45)63-58(47-23-15-18-26-54(47)70-63)56-43-21-13-16-24-49(43)66(6,7)60(56)61/h10-37H,1-9H3. The van der Waals surface area contributed by atoms with E-state index in [9.17, 15) is 0 Å². The summed E-state index contributed by atoms with van der Waals surface area (Å²) in [6, 6.07) is 63.0. The van der Waals surface area contributed by atoms with Crippen molar-refractivity contribution in [1.29, 1.82) is 0 Å². The van der Waals surface area contributed by atoms with E-state index >= 15 is 0 Å². The van der Waals surface area contributed by atoms with Gasteiger partial charge in [0.15, 0.2) is 0 Å². The van der Waals surface area contributed by atoms with E-state index in [4.69, 9.17) is 8.83 Å². The summed E-state index contributed by atoms with van der Waals surface area (Å²) in [5, 5.41) is 4.75. The molecule has 3 aliphatic rings. The fourth-order valence-electron chi connectivity index (χ4n) is 13.3. The molecule has 3 nitrogen and oxygen atoms in total. The summed E-state index contributed by atoms with van der Waals surface area (Å²) in [5.74, 6) is 0. The van der Waals surface area contributed by atoms with Crippen LogP contribution in [0.15, 0.2) is 179 Å². The molecular formula is C67H55NO2. The van der Waals surface area contributed by atoms with Crippen molar-refractivity contribution in [3.05, 3.63) is 209 Å². The Morgan fingerprint density at radius 2 is 0.886 bits per heavy atom. The van der Waals surface area contributed by atoms with Crippen LogP contribution in [0.2, 0.25) is 0 Å². The van der Waals surface area contributed by atoms with Gasteiger partial charge in [-0.2, -0.15) is 0 Å². The van der Waals surface area contributed by atoms with Gasteiger partial charge in [0.2, 0.25) is 0 Å². The largest absolute Gasteiger partial charge is 0.455 e. The van der Waals surface area contributed by atoms with Crippen LogP contribution in [0.1, 0.15) is 101 Å². The summed E-state index contributed by atoms with van der Waals surface area (Å²) in [7, 11) is 0. The average molecular weight is 906 g/mol. The third-order valence-corrected chi connectivity index (χ3v) is 16.7. The Kier molecular flexibility index (Phi) is 8.15. The summed E-state index contributed by atoms with van der Waals surface area (Å²) < 4.78 is 13.9. The molecule has 0 aliphatic heterocycles. The van der Waals surface area contributed by atoms with Crippen LogP contribution in [0, 0.1) is 0 Å². The maximum atomic E-state index is 7.06. The molecule has 70 heavy (non-hydrogen) atoms. The topological polar surface area (TPSA) is 29.5 Å². The second-order valence-electron chi connectivity index (χ2n) is 22.8. The molecule has 0 atom stereocenters. The van der Waals surface area contributed by atoms with Crippen molar-refractivity contribution in [3.63, 3.8) is 0 Å². The van der Waals surface area contributed by atoms with Crippen molar-refractivity contribution in [2.24, 2.45) is 0 Å². The van der Waals surface area contributed by atoms with Gasteiger partial charge in [0.1, 0.15) is 22.3 Å². The molecule has 2 heterocycles. The first kappa shape index (κ1) is 41.4. The maximum absolute atomic E-state index is 7.06. The van der Waals surface area contributed by atoms with Gasteiger partial charge in [0.05, 0.1) is 0 Å². The Morgan fingerprint density at radius 1 is 0.386 bits per heavy atom. The van der Waals surface area contributed by atoms with Crippen molar-refractivity contribution in [2.75, 3.05) is 4.90 Å². The third kappa shape index (κ3) is 5.36. The van der Waals surface area contributed by atoms with E-state index in [2.05, 4.69) is 237 Å². The van der Waals surface area contributed by atoms with E-state index in [1.54, 1.807) is 0 Å². The number of rotatable bonds is 4. The Morgan fingerprint density at radius 3 is 1.54 bits per heavy atom. The van der Waals surface area contributed by atoms with Gasteiger partial charge in [0.25, 0.3) is 0 Å². The van der Waals surface area contributed by atoms with Crippen molar-refractivity contribution in [2.45, 2.75) is 84.0 Å². The number of nitrogens with zero attached hydrogens (tertiary/aromatic N) is 1. The normalized spacial score (nSPS) is 15.6. The number of hydrogen-bond acceptors (Lipinski definition) is 3. The quantitative estimate of drug-likeness (QED) is 0.176. The fraction of sp³-hybridized carbons (Fsp3) is 0.194. The molecule has 0 spiro atoms. The fourth-order valence-corrected chi connectivity index (χ4v) is 13.3. The molecule has 0 bridgehead atoms. The first-order valence-corrected chi connectivity index (χ1v) is 25.0. The van der Waals surface area contributed by atoms with Crippen molar-refractivity contribution >= 4 is 60.9 Å². The predicted octanol–water partition coefficient (Wildman–Crippen LogP) is 18.8. The van der Waals surface area contributed by atoms with E-state index < -0.39 is 0 Å². The van der Waals surface area contributed by atoms with Crippen molar-refractivity contribution in [1.82, 2.24) is 0 Å². The lowest BCUT2D eigenvalue weighted by Crippen LogP contribution is -2.24. The van der Waals surface area contributed by atoms with Crippen LogP contribution in [-0.2, 0) is 21.7 Å². The second-order valence-corrected chi connectivity index (χ2v) is 22.8. The Labute approximate surface area is 410 Å². The molecule has 340 valence electrons. The van der Waals surface area contributed by atoms with Gasteiger partial charge in [-0.1, -0.05) is 178 Å². The number of fused-ring (bicyclic) bond motifs is 19. The molecule has 0 N–H and O–H groups in total. The summed E-state index contributed by atoms with van der Waals surface area (Å²) in [4.78, 5) is 2.49. The summed E-state index contributed by atoms with van der Waals surface area (Å²) >= 11 is 0. The van der Waals surface area contributed by atoms with Crippen LogP contribution < -0.4 is 4.90 Å². The van der Waals surface area contributed by atoms with E-state index in [1.165, 1.54) is 88.5 Å². The lowest BCUT2D eigenvalue weighted by molar-refractivity contribution is 0.590. The SMILES string of the molecule is CC(C)(C)c1ccc(N(c2ccc3c(c2)C(C)(C)c2cc(-c4ccccc4)c4oc5ccccc5c4c2-3)c2ccc3c(c2)C(C)(C)c2c4c(c5c(oc6ccccc65)c2-3)-c2ccccc2C4(C)C)cc1. The lowest BCUT2D eigenvalue weighted by atomic mass is 9.72. The first-order chi connectivity index (χ1) is 33.6. The smallest absolute Gasteiger partial charge is 0.144 e. The molecule has 2 aromatic heterocycles. The van der Waals surface area contributed by atoms with E-state index in [1.807, 2.05) is 0 Å². The molecule has 0 radical (unpaired) electrons. The van der Waals surface area contributed by atoms with Gasteiger partial charge >= 0.3 is 0 Å². The molecule has 0 saturated carbocycles. The highest BCUT2D eigenvalue weighted by atomic mass is 16.3. The second kappa shape index (κ2) is 13.8. The minimum atomic E-state index is -0.338. The molecule has 0 amide bonds. The van der Waals surface area contributed by atoms with Gasteiger partial charge in [0, 0.05) is 66.0 Å². The van der Waals surface area contributed by atoms with Crippen LogP contribution >= 0.6 is 0 Å². The number of furan rings is 2. The number of hydrogen-bond donors (Lipinski definition) is 0. The van der Waals surface area contributed by atoms with Gasteiger partial charge < -0.3 is 13.7 Å². The number of para-hydroxylation sites is 2. The zero-order valence-electron chi connectivity index (χ0n) is 41.4. The molecule has 0 fully saturated rings. The van der Waals surface area contributed by atoms with E-state index in [0.717, 1.165) is 55.9 Å². The zero-order valence-corrected chi connectivity index (χ0v) is 41.4. The van der Waals surface area contributed by atoms with Crippen LogP contribution in [0.4, 0.5) is 17.1 Å². The van der Waals surface area contributed by atoms with Crippen LogP contribution in [0.25, 0.3) is 88.4 Å². The molecule has 0 saturated heterocycles. The van der Waals surface area contributed by atoms with Crippen molar-refractivity contribution in [3.8, 4) is 44.5 Å². The minimum absolute atomic E-state index is 0.0208. The van der Waals surface area contributed by atoms with E-state index in [0.29, 0.717) is 0 Å². The van der Waals surface area contributed by atoms with Crippen LogP contribution in [-0.4, -0.2) is 0 Å². The highest BCUT2D eigenvalue weighted by Gasteiger charge is 2.49. The lowest BCUT2D eigenvalue weighted by Gasteiger charge is -2.32. The van der Waals surface area contributed by atoms with Gasteiger partial charge in [-0.25, -0.2) is 0 Å².